The van der Waals surface area contributed by atoms with Crippen molar-refractivity contribution in [2.45, 2.75) is 25.4 Å². The minimum Gasteiger partial charge on any atom is -0.322 e. The molecule has 1 aromatic heterocycles. The van der Waals surface area contributed by atoms with Gasteiger partial charge >= 0.3 is 0 Å². The molecule has 1 saturated carbocycles. The van der Waals surface area contributed by atoms with E-state index in [9.17, 15) is 4.79 Å². The molecule has 1 aliphatic heterocycles. The number of carbonyl (C=O) groups excluding carboxylic acids is 1. The average molecular weight is 236 g/mol. The lowest BCUT2D eigenvalue weighted by Crippen LogP contribution is -2.36. The van der Waals surface area contributed by atoms with Gasteiger partial charge in [0.1, 0.15) is 6.17 Å². The first-order valence-electron chi connectivity index (χ1n) is 5.89. The normalized spacial score (nSPS) is 26.1. The van der Waals surface area contributed by atoms with Crippen molar-refractivity contribution in [2.24, 2.45) is 5.92 Å². The van der Waals surface area contributed by atoms with Crippen LogP contribution in [0.2, 0.25) is 0 Å². The van der Waals surface area contributed by atoms with Crippen LogP contribution in [-0.4, -0.2) is 23.9 Å². The molecule has 0 aromatic carbocycles. The van der Waals surface area contributed by atoms with Gasteiger partial charge in [0, 0.05) is 6.54 Å². The van der Waals surface area contributed by atoms with Crippen LogP contribution in [0.15, 0.2) is 16.8 Å². The SMILES string of the molecule is O=C1CNC(c2ccsc2)N1CC1CCC1. The molecule has 86 valence electrons. The molecule has 1 aliphatic carbocycles. The molecule has 0 spiro atoms. The molecule has 2 fully saturated rings. The Bertz CT molecular complexity index is 372. The summed E-state index contributed by atoms with van der Waals surface area (Å²) in [6, 6.07) is 2.11. The van der Waals surface area contributed by atoms with Crippen molar-refractivity contribution in [3.63, 3.8) is 0 Å². The van der Waals surface area contributed by atoms with Crippen LogP contribution >= 0.6 is 11.3 Å². The summed E-state index contributed by atoms with van der Waals surface area (Å²) < 4.78 is 0. The zero-order chi connectivity index (χ0) is 11.0. The predicted octanol–water partition coefficient (Wildman–Crippen LogP) is 1.98. The minimum absolute atomic E-state index is 0.124. The van der Waals surface area contributed by atoms with E-state index in [-0.39, 0.29) is 12.1 Å². The minimum atomic E-state index is 0.124. The van der Waals surface area contributed by atoms with E-state index < -0.39 is 0 Å². The summed E-state index contributed by atoms with van der Waals surface area (Å²) in [6.45, 7) is 1.43. The van der Waals surface area contributed by atoms with E-state index in [0.29, 0.717) is 6.54 Å². The van der Waals surface area contributed by atoms with Crippen LogP contribution in [0.5, 0.6) is 0 Å². The smallest absolute Gasteiger partial charge is 0.238 e. The number of nitrogens with zero attached hydrogens (tertiary/aromatic N) is 1. The first-order valence-corrected chi connectivity index (χ1v) is 6.84. The van der Waals surface area contributed by atoms with Crippen molar-refractivity contribution in [1.29, 1.82) is 0 Å². The van der Waals surface area contributed by atoms with Crippen LogP contribution in [0.25, 0.3) is 0 Å². The van der Waals surface area contributed by atoms with Crippen LogP contribution in [0.3, 0.4) is 0 Å². The highest BCUT2D eigenvalue weighted by Gasteiger charge is 2.34. The largest absolute Gasteiger partial charge is 0.322 e. The Labute approximate surface area is 99.5 Å². The first kappa shape index (κ1) is 10.3. The lowest BCUT2D eigenvalue weighted by Gasteiger charge is -2.32. The average Bonchev–Trinajstić information content (AvgIpc) is 2.81. The molecule has 16 heavy (non-hydrogen) atoms. The molecule has 1 unspecified atom stereocenters. The number of carbonyl (C=O) groups is 1. The van der Waals surface area contributed by atoms with E-state index in [1.54, 1.807) is 11.3 Å². The molecular formula is C12H16N2OS. The topological polar surface area (TPSA) is 32.3 Å². The summed E-state index contributed by atoms with van der Waals surface area (Å²) >= 11 is 1.69. The highest BCUT2D eigenvalue weighted by Crippen LogP contribution is 2.31. The third-order valence-electron chi connectivity index (χ3n) is 3.62. The maximum atomic E-state index is 11.8. The third kappa shape index (κ3) is 1.76. The molecule has 1 aromatic rings. The highest BCUT2D eigenvalue weighted by molar-refractivity contribution is 7.07. The van der Waals surface area contributed by atoms with Crippen LogP contribution < -0.4 is 5.32 Å². The molecule has 0 radical (unpaired) electrons. The number of rotatable bonds is 3. The molecule has 3 rings (SSSR count). The van der Waals surface area contributed by atoms with E-state index >= 15 is 0 Å². The quantitative estimate of drug-likeness (QED) is 0.870. The fraction of sp³-hybridized carbons (Fsp3) is 0.583. The van der Waals surface area contributed by atoms with Crippen LogP contribution in [0, 0.1) is 5.92 Å². The molecule has 0 bridgehead atoms. The monoisotopic (exact) mass is 236 g/mol. The Morgan fingerprint density at radius 1 is 1.50 bits per heavy atom. The van der Waals surface area contributed by atoms with Gasteiger partial charge in [0.25, 0.3) is 0 Å². The lowest BCUT2D eigenvalue weighted by molar-refractivity contribution is -0.129. The second-order valence-corrected chi connectivity index (χ2v) is 5.46. The molecule has 1 saturated heterocycles. The lowest BCUT2D eigenvalue weighted by atomic mass is 9.85. The summed E-state index contributed by atoms with van der Waals surface area (Å²) in [5.74, 6) is 0.994. The van der Waals surface area contributed by atoms with Crippen molar-refractivity contribution < 1.29 is 4.79 Å². The molecule has 1 atom stereocenters. The van der Waals surface area contributed by atoms with Crippen molar-refractivity contribution in [3.8, 4) is 0 Å². The second kappa shape index (κ2) is 4.18. The van der Waals surface area contributed by atoms with Gasteiger partial charge in [0.15, 0.2) is 0 Å². The Hall–Kier alpha value is -0.870. The molecule has 2 heterocycles. The van der Waals surface area contributed by atoms with Crippen LogP contribution in [0.1, 0.15) is 31.0 Å². The van der Waals surface area contributed by atoms with Crippen molar-refractivity contribution in [2.75, 3.05) is 13.1 Å². The number of hydrogen-bond donors (Lipinski definition) is 1. The van der Waals surface area contributed by atoms with Gasteiger partial charge < -0.3 is 4.90 Å². The van der Waals surface area contributed by atoms with Gasteiger partial charge in [-0.1, -0.05) is 6.42 Å². The van der Waals surface area contributed by atoms with Crippen molar-refractivity contribution in [1.82, 2.24) is 10.2 Å². The summed E-state index contributed by atoms with van der Waals surface area (Å²) in [6.07, 6.45) is 4.04. The Balaban J connectivity index is 1.74. The molecule has 3 nitrogen and oxygen atoms in total. The van der Waals surface area contributed by atoms with Gasteiger partial charge in [-0.05, 0) is 41.1 Å². The number of nitrogens with one attached hydrogen (secondary N) is 1. The molecular weight excluding hydrogens is 220 g/mol. The zero-order valence-electron chi connectivity index (χ0n) is 9.19. The maximum absolute atomic E-state index is 11.8. The van der Waals surface area contributed by atoms with Gasteiger partial charge in [-0.25, -0.2) is 0 Å². The van der Waals surface area contributed by atoms with E-state index in [2.05, 4.69) is 22.1 Å². The summed E-state index contributed by atoms with van der Waals surface area (Å²) in [7, 11) is 0. The van der Waals surface area contributed by atoms with E-state index in [1.165, 1.54) is 24.8 Å². The fourth-order valence-corrected chi connectivity index (χ4v) is 3.11. The van der Waals surface area contributed by atoms with Gasteiger partial charge in [-0.15, -0.1) is 0 Å². The molecule has 1 amide bonds. The summed E-state index contributed by atoms with van der Waals surface area (Å²) in [5.41, 5.74) is 1.23. The van der Waals surface area contributed by atoms with Gasteiger partial charge in [0.05, 0.1) is 6.54 Å². The number of thiophene rings is 1. The molecule has 2 aliphatic rings. The van der Waals surface area contributed by atoms with Crippen molar-refractivity contribution >= 4 is 17.2 Å². The standard InChI is InChI=1S/C12H16N2OS/c15-11-6-13-12(10-4-5-16-8-10)14(11)7-9-2-1-3-9/h4-5,8-9,12-13H,1-3,6-7H2. The van der Waals surface area contributed by atoms with E-state index in [0.717, 1.165) is 12.5 Å². The van der Waals surface area contributed by atoms with Crippen molar-refractivity contribution in [3.05, 3.63) is 22.4 Å². The van der Waals surface area contributed by atoms with Gasteiger partial charge in [-0.2, -0.15) is 11.3 Å². The molecule has 4 heteroatoms. The third-order valence-corrected chi connectivity index (χ3v) is 4.32. The van der Waals surface area contributed by atoms with Gasteiger partial charge in [-0.3, -0.25) is 10.1 Å². The second-order valence-electron chi connectivity index (χ2n) is 4.68. The van der Waals surface area contributed by atoms with E-state index in [1.807, 2.05) is 4.90 Å². The van der Waals surface area contributed by atoms with Gasteiger partial charge in [0.2, 0.25) is 5.91 Å². The Morgan fingerprint density at radius 3 is 3.00 bits per heavy atom. The van der Waals surface area contributed by atoms with Crippen LogP contribution in [-0.2, 0) is 4.79 Å². The Morgan fingerprint density at radius 2 is 2.38 bits per heavy atom. The number of hydrogen-bond acceptors (Lipinski definition) is 3. The van der Waals surface area contributed by atoms with Crippen LogP contribution in [0.4, 0.5) is 0 Å². The summed E-state index contributed by atoms with van der Waals surface area (Å²) in [4.78, 5) is 13.8. The zero-order valence-corrected chi connectivity index (χ0v) is 10.0. The predicted molar refractivity (Wildman–Crippen MR) is 64.1 cm³/mol. The number of amides is 1. The first-order chi connectivity index (χ1) is 7.84. The van der Waals surface area contributed by atoms with E-state index in [4.69, 9.17) is 0 Å². The maximum Gasteiger partial charge on any atom is 0.238 e. The summed E-state index contributed by atoms with van der Waals surface area (Å²) in [5, 5.41) is 7.50. The molecule has 1 N–H and O–H groups in total. The Kier molecular flexibility index (Phi) is 2.69. The highest BCUT2D eigenvalue weighted by atomic mass is 32.1. The fourth-order valence-electron chi connectivity index (χ4n) is 2.43.